The number of carboxylic acid groups (broad SMARTS) is 1. The number of hydrogen-bond donors (Lipinski definition) is 3. The van der Waals surface area contributed by atoms with Crippen molar-refractivity contribution in [3.05, 3.63) is 89.5 Å². The molecule has 3 N–H and O–H groups in total. The molecule has 3 rings (SSSR count). The van der Waals surface area contributed by atoms with Crippen LogP contribution in [0.15, 0.2) is 77.7 Å². The first-order valence-electron chi connectivity index (χ1n) is 8.59. The Morgan fingerprint density at radius 1 is 0.828 bits per heavy atom. The fourth-order valence-electron chi connectivity index (χ4n) is 2.66. The molecule has 0 saturated carbocycles. The molecule has 3 aromatic rings. The van der Waals surface area contributed by atoms with Gasteiger partial charge in [0.2, 0.25) is 0 Å². The molecule has 7 nitrogen and oxygen atoms in total. The molecule has 0 unspecified atom stereocenters. The van der Waals surface area contributed by atoms with Crippen LogP contribution in [0.5, 0.6) is 0 Å². The van der Waals surface area contributed by atoms with Gasteiger partial charge >= 0.3 is 5.97 Å². The molecule has 3 aromatic carbocycles. The predicted molar refractivity (Wildman–Crippen MR) is 110 cm³/mol. The lowest BCUT2D eigenvalue weighted by atomic mass is 10.2. The molecule has 0 bridgehead atoms. The van der Waals surface area contributed by atoms with Gasteiger partial charge < -0.3 is 10.4 Å². The molecule has 0 spiro atoms. The van der Waals surface area contributed by atoms with Crippen molar-refractivity contribution in [2.45, 2.75) is 11.8 Å². The largest absolute Gasteiger partial charge is 0.478 e. The second kappa shape index (κ2) is 8.15. The van der Waals surface area contributed by atoms with Crippen molar-refractivity contribution in [2.75, 3.05) is 10.0 Å². The van der Waals surface area contributed by atoms with Gasteiger partial charge in [-0.1, -0.05) is 24.3 Å². The average Bonchev–Trinajstić information content (AvgIpc) is 2.68. The van der Waals surface area contributed by atoms with E-state index in [0.29, 0.717) is 5.69 Å². The molecule has 0 atom stereocenters. The zero-order valence-corrected chi connectivity index (χ0v) is 16.2. The second-order valence-corrected chi connectivity index (χ2v) is 8.03. The summed E-state index contributed by atoms with van der Waals surface area (Å²) in [6.45, 7) is 1.90. The minimum atomic E-state index is -4.01. The summed E-state index contributed by atoms with van der Waals surface area (Å²) >= 11 is 0. The Morgan fingerprint density at radius 3 is 2.21 bits per heavy atom. The van der Waals surface area contributed by atoms with E-state index in [1.54, 1.807) is 18.2 Å². The Morgan fingerprint density at radius 2 is 1.48 bits per heavy atom. The maximum Gasteiger partial charge on any atom is 0.335 e. The van der Waals surface area contributed by atoms with Gasteiger partial charge in [0.05, 0.1) is 10.5 Å². The number of benzene rings is 3. The van der Waals surface area contributed by atoms with Gasteiger partial charge in [0, 0.05) is 16.9 Å². The van der Waals surface area contributed by atoms with Gasteiger partial charge in [-0.2, -0.15) is 0 Å². The molecule has 0 heterocycles. The normalized spacial score (nSPS) is 10.9. The summed E-state index contributed by atoms with van der Waals surface area (Å²) in [6.07, 6.45) is 0. The number of nitrogens with one attached hydrogen (secondary N) is 2. The van der Waals surface area contributed by atoms with Crippen LogP contribution in [0, 0.1) is 6.92 Å². The highest BCUT2D eigenvalue weighted by molar-refractivity contribution is 7.92. The van der Waals surface area contributed by atoms with Gasteiger partial charge in [-0.15, -0.1) is 0 Å². The molecule has 0 radical (unpaired) electrons. The smallest absolute Gasteiger partial charge is 0.335 e. The van der Waals surface area contributed by atoms with Crippen LogP contribution in [0.3, 0.4) is 0 Å². The maximum atomic E-state index is 12.7. The van der Waals surface area contributed by atoms with E-state index in [1.165, 1.54) is 48.5 Å². The van der Waals surface area contributed by atoms with Crippen molar-refractivity contribution < 1.29 is 23.1 Å². The van der Waals surface area contributed by atoms with E-state index < -0.39 is 21.9 Å². The van der Waals surface area contributed by atoms with E-state index in [2.05, 4.69) is 10.0 Å². The van der Waals surface area contributed by atoms with Crippen molar-refractivity contribution in [2.24, 2.45) is 0 Å². The second-order valence-electron chi connectivity index (χ2n) is 6.34. The Balaban J connectivity index is 1.83. The summed E-state index contributed by atoms with van der Waals surface area (Å²) in [4.78, 5) is 23.4. The lowest BCUT2D eigenvalue weighted by molar-refractivity contribution is 0.0696. The molecular weight excluding hydrogens is 392 g/mol. The third kappa shape index (κ3) is 4.99. The molecule has 0 aromatic heterocycles. The number of anilines is 2. The monoisotopic (exact) mass is 410 g/mol. The van der Waals surface area contributed by atoms with E-state index in [4.69, 9.17) is 5.11 Å². The third-order valence-corrected chi connectivity index (χ3v) is 5.42. The van der Waals surface area contributed by atoms with Crippen LogP contribution in [0.25, 0.3) is 0 Å². The summed E-state index contributed by atoms with van der Waals surface area (Å²) in [5.74, 6) is -1.61. The number of aryl methyl sites for hydroxylation is 1. The van der Waals surface area contributed by atoms with Crippen molar-refractivity contribution in [3.63, 3.8) is 0 Å². The maximum absolute atomic E-state index is 12.7. The predicted octanol–water partition coefficient (Wildman–Crippen LogP) is 3.75. The number of carbonyl (C=O) groups is 2. The number of carboxylic acids is 1. The fourth-order valence-corrected chi connectivity index (χ4v) is 3.76. The van der Waals surface area contributed by atoms with Gasteiger partial charge in [0.15, 0.2) is 0 Å². The highest BCUT2D eigenvalue weighted by atomic mass is 32.2. The van der Waals surface area contributed by atoms with E-state index in [0.717, 1.165) is 5.56 Å². The van der Waals surface area contributed by atoms with Gasteiger partial charge in [-0.3, -0.25) is 9.52 Å². The van der Waals surface area contributed by atoms with Crippen molar-refractivity contribution in [1.29, 1.82) is 0 Å². The highest BCUT2D eigenvalue weighted by Gasteiger charge is 2.17. The van der Waals surface area contributed by atoms with E-state index in [-0.39, 0.29) is 21.7 Å². The Bertz CT molecular complexity index is 1190. The molecule has 0 aliphatic rings. The number of aromatic carboxylic acids is 1. The molecule has 0 saturated heterocycles. The summed E-state index contributed by atoms with van der Waals surface area (Å²) in [5, 5.41) is 11.8. The van der Waals surface area contributed by atoms with E-state index in [1.807, 2.05) is 13.0 Å². The van der Waals surface area contributed by atoms with E-state index >= 15 is 0 Å². The van der Waals surface area contributed by atoms with Crippen LogP contribution >= 0.6 is 0 Å². The van der Waals surface area contributed by atoms with Gasteiger partial charge in [0.1, 0.15) is 0 Å². The van der Waals surface area contributed by atoms with Crippen LogP contribution in [-0.2, 0) is 10.0 Å². The standard InChI is InChI=1S/C21H18N2O5S/c1-14-5-2-8-17(11-14)22-20(24)15-6-4-10-19(13-15)29(27,28)23-18-9-3-7-16(12-18)21(25)26/h2-13,23H,1H3,(H,22,24)(H,25,26). The van der Waals surface area contributed by atoms with Crippen LogP contribution in [0.2, 0.25) is 0 Å². The summed E-state index contributed by atoms with van der Waals surface area (Å²) in [6, 6.07) is 18.3. The number of hydrogen-bond acceptors (Lipinski definition) is 4. The Kier molecular flexibility index (Phi) is 5.65. The number of sulfonamides is 1. The lowest BCUT2D eigenvalue weighted by Gasteiger charge is -2.10. The first-order chi connectivity index (χ1) is 13.7. The molecule has 29 heavy (non-hydrogen) atoms. The van der Waals surface area contributed by atoms with E-state index in [9.17, 15) is 18.0 Å². The van der Waals surface area contributed by atoms with Crippen molar-refractivity contribution in [3.8, 4) is 0 Å². The average molecular weight is 410 g/mol. The first-order valence-corrected chi connectivity index (χ1v) is 10.1. The number of rotatable bonds is 6. The van der Waals surface area contributed by atoms with Crippen LogP contribution in [0.1, 0.15) is 26.3 Å². The highest BCUT2D eigenvalue weighted by Crippen LogP contribution is 2.19. The molecule has 1 amide bonds. The van der Waals surface area contributed by atoms with Crippen LogP contribution in [-0.4, -0.2) is 25.4 Å². The summed E-state index contributed by atoms with van der Waals surface area (Å²) in [5.41, 5.74) is 1.82. The van der Waals surface area contributed by atoms with Crippen molar-refractivity contribution >= 4 is 33.3 Å². The van der Waals surface area contributed by atoms with Gasteiger partial charge in [-0.05, 0) is 61.0 Å². The fraction of sp³-hybridized carbons (Fsp3) is 0.0476. The zero-order chi connectivity index (χ0) is 21.0. The van der Waals surface area contributed by atoms with Crippen LogP contribution in [0.4, 0.5) is 11.4 Å². The summed E-state index contributed by atoms with van der Waals surface area (Å²) in [7, 11) is -4.01. The van der Waals surface area contributed by atoms with Gasteiger partial charge in [-0.25, -0.2) is 13.2 Å². The number of amides is 1. The van der Waals surface area contributed by atoms with Crippen LogP contribution < -0.4 is 10.0 Å². The minimum Gasteiger partial charge on any atom is -0.478 e. The lowest BCUT2D eigenvalue weighted by Crippen LogP contribution is -2.16. The summed E-state index contributed by atoms with van der Waals surface area (Å²) < 4.78 is 27.7. The topological polar surface area (TPSA) is 113 Å². The Hall–Kier alpha value is -3.65. The SMILES string of the molecule is Cc1cccc(NC(=O)c2cccc(S(=O)(=O)Nc3cccc(C(=O)O)c3)c2)c1. The molecule has 0 aliphatic heterocycles. The molecule has 148 valence electrons. The molecule has 8 heteroatoms. The molecule has 0 fully saturated rings. The molecular formula is C21H18N2O5S. The zero-order valence-electron chi connectivity index (χ0n) is 15.4. The van der Waals surface area contributed by atoms with Gasteiger partial charge in [0.25, 0.3) is 15.9 Å². The first kappa shape index (κ1) is 20.1. The number of carbonyl (C=O) groups excluding carboxylic acids is 1. The quantitative estimate of drug-likeness (QED) is 0.573. The Labute approximate surface area is 168 Å². The third-order valence-electron chi connectivity index (χ3n) is 4.04. The van der Waals surface area contributed by atoms with Crippen molar-refractivity contribution in [1.82, 2.24) is 0 Å². The minimum absolute atomic E-state index is 0.0449. The molecule has 0 aliphatic carbocycles.